The van der Waals surface area contributed by atoms with Gasteiger partial charge in [-0.25, -0.2) is 0 Å². The number of furan rings is 1. The average molecular weight is 303 g/mol. The molecule has 0 saturated carbocycles. The zero-order valence-electron chi connectivity index (χ0n) is 10.1. The molecule has 0 bridgehead atoms. The van der Waals surface area contributed by atoms with Crippen LogP contribution in [0.2, 0.25) is 0 Å². The van der Waals surface area contributed by atoms with Crippen LogP contribution in [0.4, 0.5) is 0 Å². The lowest BCUT2D eigenvalue weighted by Gasteiger charge is -2.36. The molecule has 0 amide bonds. The van der Waals surface area contributed by atoms with Crippen LogP contribution < -0.4 is 5.73 Å². The minimum atomic E-state index is 0.152. The SMILES string of the molecule is COC1CCCN(C(CN)c2ccc(Br)o2)C1. The summed E-state index contributed by atoms with van der Waals surface area (Å²) in [4.78, 5) is 2.35. The third kappa shape index (κ3) is 3.10. The van der Waals surface area contributed by atoms with Gasteiger partial charge in [0.15, 0.2) is 4.67 Å². The lowest BCUT2D eigenvalue weighted by Crippen LogP contribution is -2.43. The van der Waals surface area contributed by atoms with E-state index in [1.54, 1.807) is 7.11 Å². The molecule has 1 aromatic rings. The molecule has 1 saturated heterocycles. The maximum Gasteiger partial charge on any atom is 0.169 e. The maximum atomic E-state index is 5.87. The summed E-state index contributed by atoms with van der Waals surface area (Å²) >= 11 is 3.33. The van der Waals surface area contributed by atoms with Gasteiger partial charge in [-0.15, -0.1) is 0 Å². The van der Waals surface area contributed by atoms with Crippen molar-refractivity contribution < 1.29 is 9.15 Å². The zero-order valence-corrected chi connectivity index (χ0v) is 11.6. The van der Waals surface area contributed by atoms with Gasteiger partial charge < -0.3 is 14.9 Å². The molecular weight excluding hydrogens is 284 g/mol. The van der Waals surface area contributed by atoms with Gasteiger partial charge in [-0.3, -0.25) is 4.90 Å². The molecule has 1 fully saturated rings. The lowest BCUT2D eigenvalue weighted by molar-refractivity contribution is 0.0118. The van der Waals surface area contributed by atoms with E-state index in [0.29, 0.717) is 12.6 Å². The molecule has 1 aliphatic heterocycles. The summed E-state index contributed by atoms with van der Waals surface area (Å²) < 4.78 is 11.8. The Kier molecular flexibility index (Phi) is 4.62. The average Bonchev–Trinajstić information content (AvgIpc) is 2.77. The van der Waals surface area contributed by atoms with Crippen molar-refractivity contribution in [2.75, 3.05) is 26.7 Å². The first-order chi connectivity index (χ1) is 8.24. The molecule has 0 spiro atoms. The molecule has 2 rings (SSSR count). The van der Waals surface area contributed by atoms with Crippen LogP contribution in [0.5, 0.6) is 0 Å². The molecule has 1 aromatic heterocycles. The van der Waals surface area contributed by atoms with E-state index in [1.165, 1.54) is 0 Å². The number of rotatable bonds is 4. The first kappa shape index (κ1) is 13.1. The fourth-order valence-electron chi connectivity index (χ4n) is 2.39. The van der Waals surface area contributed by atoms with Gasteiger partial charge in [0.25, 0.3) is 0 Å². The number of hydrogen-bond donors (Lipinski definition) is 1. The van der Waals surface area contributed by atoms with Gasteiger partial charge in [0.05, 0.1) is 12.1 Å². The molecule has 4 nitrogen and oxygen atoms in total. The summed E-state index contributed by atoms with van der Waals surface area (Å²) in [6, 6.07) is 4.05. The predicted molar refractivity (Wildman–Crippen MR) is 69.8 cm³/mol. The summed E-state index contributed by atoms with van der Waals surface area (Å²) in [5.41, 5.74) is 5.87. The first-order valence-electron chi connectivity index (χ1n) is 5.96. The van der Waals surface area contributed by atoms with Gasteiger partial charge in [-0.2, -0.15) is 0 Å². The van der Waals surface area contributed by atoms with Crippen LogP contribution in [0.25, 0.3) is 0 Å². The Hall–Kier alpha value is -0.360. The topological polar surface area (TPSA) is 51.6 Å². The Balaban J connectivity index is 2.07. The Morgan fingerprint density at radius 3 is 3.06 bits per heavy atom. The van der Waals surface area contributed by atoms with E-state index < -0.39 is 0 Å². The molecule has 0 radical (unpaired) electrons. The van der Waals surface area contributed by atoms with Crippen LogP contribution in [0, 0.1) is 0 Å². The highest BCUT2D eigenvalue weighted by molar-refractivity contribution is 9.10. The van der Waals surface area contributed by atoms with Gasteiger partial charge in [0.2, 0.25) is 0 Å². The summed E-state index contributed by atoms with van der Waals surface area (Å²) in [7, 11) is 1.77. The van der Waals surface area contributed by atoms with Crippen molar-refractivity contribution in [3.05, 3.63) is 22.6 Å². The highest BCUT2D eigenvalue weighted by Crippen LogP contribution is 2.27. The summed E-state index contributed by atoms with van der Waals surface area (Å²) in [6.45, 7) is 2.55. The molecule has 2 unspecified atom stereocenters. The number of methoxy groups -OCH3 is 1. The summed E-state index contributed by atoms with van der Waals surface area (Å²) in [6.07, 6.45) is 2.60. The number of ether oxygens (including phenoxy) is 1. The smallest absolute Gasteiger partial charge is 0.169 e. The van der Waals surface area contributed by atoms with Crippen molar-refractivity contribution in [1.29, 1.82) is 0 Å². The van der Waals surface area contributed by atoms with Crippen LogP contribution in [0.15, 0.2) is 21.2 Å². The second-order valence-electron chi connectivity index (χ2n) is 4.39. The number of nitrogens with zero attached hydrogens (tertiary/aromatic N) is 1. The van der Waals surface area contributed by atoms with E-state index in [2.05, 4.69) is 20.8 Å². The fourth-order valence-corrected chi connectivity index (χ4v) is 2.71. The van der Waals surface area contributed by atoms with Crippen molar-refractivity contribution in [2.45, 2.75) is 25.0 Å². The normalized spacial score (nSPS) is 23.8. The van der Waals surface area contributed by atoms with E-state index in [9.17, 15) is 0 Å². The molecule has 2 N–H and O–H groups in total. The number of hydrogen-bond acceptors (Lipinski definition) is 4. The van der Waals surface area contributed by atoms with E-state index in [-0.39, 0.29) is 6.04 Å². The number of piperidine rings is 1. The molecule has 0 aliphatic carbocycles. The zero-order chi connectivity index (χ0) is 12.3. The van der Waals surface area contributed by atoms with E-state index in [0.717, 1.165) is 36.4 Å². The Morgan fingerprint density at radius 1 is 1.65 bits per heavy atom. The number of nitrogens with two attached hydrogens (primary N) is 1. The highest BCUT2D eigenvalue weighted by atomic mass is 79.9. The lowest BCUT2D eigenvalue weighted by atomic mass is 10.0. The predicted octanol–water partition coefficient (Wildman–Crippen LogP) is 2.15. The van der Waals surface area contributed by atoms with Gasteiger partial charge >= 0.3 is 0 Å². The van der Waals surface area contributed by atoms with Crippen molar-refractivity contribution in [1.82, 2.24) is 4.90 Å². The van der Waals surface area contributed by atoms with Gasteiger partial charge in [0.1, 0.15) is 5.76 Å². The Morgan fingerprint density at radius 2 is 2.47 bits per heavy atom. The van der Waals surface area contributed by atoms with Gasteiger partial charge in [0, 0.05) is 20.2 Å². The van der Waals surface area contributed by atoms with Gasteiger partial charge in [-0.05, 0) is 47.4 Å². The molecule has 2 atom stereocenters. The quantitative estimate of drug-likeness (QED) is 0.926. The fraction of sp³-hybridized carbons (Fsp3) is 0.667. The minimum absolute atomic E-state index is 0.152. The third-order valence-electron chi connectivity index (χ3n) is 3.33. The molecule has 0 aromatic carbocycles. The number of halogens is 1. The van der Waals surface area contributed by atoms with Crippen molar-refractivity contribution >= 4 is 15.9 Å². The Labute approximate surface area is 110 Å². The van der Waals surface area contributed by atoms with E-state index >= 15 is 0 Å². The summed E-state index contributed by atoms with van der Waals surface area (Å²) in [5.74, 6) is 0.927. The molecular formula is C12H19BrN2O2. The van der Waals surface area contributed by atoms with E-state index in [1.807, 2.05) is 12.1 Å². The second kappa shape index (κ2) is 6.00. The van der Waals surface area contributed by atoms with Crippen LogP contribution >= 0.6 is 15.9 Å². The van der Waals surface area contributed by atoms with Crippen LogP contribution in [0.3, 0.4) is 0 Å². The molecule has 5 heteroatoms. The van der Waals surface area contributed by atoms with Gasteiger partial charge in [-0.1, -0.05) is 0 Å². The minimum Gasteiger partial charge on any atom is -0.453 e. The molecule has 96 valence electrons. The second-order valence-corrected chi connectivity index (χ2v) is 5.17. The van der Waals surface area contributed by atoms with Crippen molar-refractivity contribution in [2.24, 2.45) is 5.73 Å². The van der Waals surface area contributed by atoms with Crippen molar-refractivity contribution in [3.8, 4) is 0 Å². The number of likely N-dealkylation sites (tertiary alicyclic amines) is 1. The largest absolute Gasteiger partial charge is 0.453 e. The molecule has 2 heterocycles. The van der Waals surface area contributed by atoms with Crippen LogP contribution in [0.1, 0.15) is 24.6 Å². The third-order valence-corrected chi connectivity index (χ3v) is 3.76. The Bertz CT molecular complexity index is 356. The van der Waals surface area contributed by atoms with E-state index in [4.69, 9.17) is 14.9 Å². The van der Waals surface area contributed by atoms with Crippen LogP contribution in [-0.2, 0) is 4.74 Å². The summed E-state index contributed by atoms with van der Waals surface area (Å²) in [5, 5.41) is 0. The first-order valence-corrected chi connectivity index (χ1v) is 6.76. The van der Waals surface area contributed by atoms with Crippen LogP contribution in [-0.4, -0.2) is 37.7 Å². The highest BCUT2D eigenvalue weighted by Gasteiger charge is 2.27. The molecule has 1 aliphatic rings. The standard InChI is InChI=1S/C12H19BrN2O2/c1-16-9-3-2-6-15(8-9)10(7-14)11-4-5-12(13)17-11/h4-5,9-10H,2-3,6-8,14H2,1H3. The van der Waals surface area contributed by atoms with Crippen molar-refractivity contribution in [3.63, 3.8) is 0 Å². The molecule has 17 heavy (non-hydrogen) atoms. The maximum absolute atomic E-state index is 5.87. The monoisotopic (exact) mass is 302 g/mol.